The lowest BCUT2D eigenvalue weighted by atomic mass is 9.85. The fraction of sp³-hybridized carbons (Fsp3) is 0.250. The van der Waals surface area contributed by atoms with E-state index < -0.39 is 0 Å². The number of imide groups is 1. The number of hydrogen-bond acceptors (Lipinski definition) is 5. The number of ether oxygens (including phenoxy) is 2. The Morgan fingerprint density at radius 3 is 2.49 bits per heavy atom. The van der Waals surface area contributed by atoms with Crippen molar-refractivity contribution >= 4 is 44.7 Å². The number of nitrogens with zero attached hydrogens (tertiary/aromatic N) is 2. The number of rotatable bonds is 6. The van der Waals surface area contributed by atoms with Gasteiger partial charge in [-0.3, -0.25) is 9.59 Å². The second-order valence-corrected chi connectivity index (χ2v) is 10.0. The van der Waals surface area contributed by atoms with Crippen LogP contribution in [0.15, 0.2) is 76.3 Å². The molecule has 2 aliphatic carbocycles. The largest absolute Gasteiger partial charge is 0.493 e. The zero-order valence-corrected chi connectivity index (χ0v) is 20.6. The molecule has 7 heteroatoms. The third-order valence-electron chi connectivity index (χ3n) is 7.27. The van der Waals surface area contributed by atoms with Crippen LogP contribution in [0.2, 0.25) is 0 Å². The van der Waals surface area contributed by atoms with Crippen molar-refractivity contribution < 1.29 is 19.1 Å². The lowest BCUT2D eigenvalue weighted by Gasteiger charge is -2.15. The molecular formula is C28H23BrN2O4. The lowest BCUT2D eigenvalue weighted by Crippen LogP contribution is -2.28. The molecule has 2 amide bonds. The predicted octanol–water partition coefficient (Wildman–Crippen LogP) is 5.33. The quantitative estimate of drug-likeness (QED) is 0.245. The van der Waals surface area contributed by atoms with Gasteiger partial charge in [0.1, 0.15) is 6.61 Å². The molecule has 0 radical (unpaired) electrons. The monoisotopic (exact) mass is 530 g/mol. The normalized spacial score (nSPS) is 24.7. The Balaban J connectivity index is 1.22. The molecule has 1 aliphatic heterocycles. The second kappa shape index (κ2) is 8.64. The van der Waals surface area contributed by atoms with E-state index in [2.05, 4.69) is 51.4 Å². The van der Waals surface area contributed by atoms with Gasteiger partial charge in [0.05, 0.1) is 29.6 Å². The van der Waals surface area contributed by atoms with Crippen molar-refractivity contribution in [3.8, 4) is 11.5 Å². The summed E-state index contributed by atoms with van der Waals surface area (Å²) in [5.41, 5.74) is 1.76. The molecule has 35 heavy (non-hydrogen) atoms. The molecule has 3 aromatic rings. The van der Waals surface area contributed by atoms with Crippen LogP contribution in [0.4, 0.5) is 0 Å². The fourth-order valence-electron chi connectivity index (χ4n) is 5.65. The average molecular weight is 531 g/mol. The predicted molar refractivity (Wildman–Crippen MR) is 136 cm³/mol. The van der Waals surface area contributed by atoms with Crippen molar-refractivity contribution in [2.75, 3.05) is 7.11 Å². The maximum atomic E-state index is 12.9. The van der Waals surface area contributed by atoms with Gasteiger partial charge in [-0.15, -0.1) is 0 Å². The molecule has 3 aromatic carbocycles. The fourth-order valence-corrected chi connectivity index (χ4v) is 6.22. The number of hydrazone groups is 1. The summed E-state index contributed by atoms with van der Waals surface area (Å²) in [5, 5.41) is 7.62. The van der Waals surface area contributed by atoms with E-state index in [0.29, 0.717) is 28.1 Å². The van der Waals surface area contributed by atoms with Crippen molar-refractivity contribution in [1.82, 2.24) is 5.01 Å². The highest BCUT2D eigenvalue weighted by atomic mass is 79.9. The molecular weight excluding hydrogens is 508 g/mol. The van der Waals surface area contributed by atoms with Crippen molar-refractivity contribution in [1.29, 1.82) is 0 Å². The number of benzene rings is 3. The Hall–Kier alpha value is -3.45. The third-order valence-corrected chi connectivity index (χ3v) is 7.86. The van der Waals surface area contributed by atoms with Gasteiger partial charge >= 0.3 is 0 Å². The minimum Gasteiger partial charge on any atom is -0.493 e. The Morgan fingerprint density at radius 1 is 1.03 bits per heavy atom. The van der Waals surface area contributed by atoms with E-state index >= 15 is 0 Å². The summed E-state index contributed by atoms with van der Waals surface area (Å²) in [6, 6.07) is 17.9. The number of halogens is 1. The zero-order chi connectivity index (χ0) is 24.1. The number of allylic oxidation sites excluding steroid dienone is 2. The van der Waals surface area contributed by atoms with E-state index in [1.807, 2.05) is 30.3 Å². The van der Waals surface area contributed by atoms with Crippen LogP contribution in [0, 0.1) is 23.7 Å². The Morgan fingerprint density at radius 2 is 1.74 bits per heavy atom. The molecule has 0 unspecified atom stereocenters. The first-order valence-electron chi connectivity index (χ1n) is 11.6. The van der Waals surface area contributed by atoms with Gasteiger partial charge in [-0.25, -0.2) is 0 Å². The minimum atomic E-state index is -0.263. The SMILES string of the molecule is COc1cc(/C=N\N2C(=O)[C@@H]3[C@H](C2=O)[C@H]2C=C[C@H]3C2)cc(Br)c1OCc1cccc2ccccc12. The van der Waals surface area contributed by atoms with Crippen LogP contribution in [0.3, 0.4) is 0 Å². The van der Waals surface area contributed by atoms with E-state index in [0.717, 1.165) is 27.8 Å². The van der Waals surface area contributed by atoms with Gasteiger partial charge in [0.2, 0.25) is 0 Å². The van der Waals surface area contributed by atoms with Crippen LogP contribution in [-0.2, 0) is 16.2 Å². The molecule has 3 aliphatic rings. The van der Waals surface area contributed by atoms with E-state index in [4.69, 9.17) is 9.47 Å². The summed E-state index contributed by atoms with van der Waals surface area (Å²) >= 11 is 3.58. The van der Waals surface area contributed by atoms with Crippen molar-refractivity contribution in [3.63, 3.8) is 0 Å². The Labute approximate surface area is 211 Å². The van der Waals surface area contributed by atoms with Gasteiger partial charge in [0.25, 0.3) is 11.8 Å². The van der Waals surface area contributed by atoms with Gasteiger partial charge in [0, 0.05) is 0 Å². The summed E-state index contributed by atoms with van der Waals surface area (Å²) in [4.78, 5) is 25.7. The van der Waals surface area contributed by atoms with Crippen LogP contribution in [0.25, 0.3) is 10.8 Å². The first-order chi connectivity index (χ1) is 17.0. The number of amides is 2. The first kappa shape index (κ1) is 22.0. The van der Waals surface area contributed by atoms with Crippen molar-refractivity contribution in [2.24, 2.45) is 28.8 Å². The van der Waals surface area contributed by atoms with E-state index in [-0.39, 0.29) is 35.5 Å². The van der Waals surface area contributed by atoms with Crippen LogP contribution >= 0.6 is 15.9 Å². The lowest BCUT2D eigenvalue weighted by molar-refractivity contribution is -0.140. The number of carbonyl (C=O) groups excluding carboxylic acids is 2. The summed E-state index contributed by atoms with van der Waals surface area (Å²) in [7, 11) is 1.57. The Bertz CT molecular complexity index is 1380. The van der Waals surface area contributed by atoms with Crippen LogP contribution in [0.5, 0.6) is 11.5 Å². The minimum absolute atomic E-state index is 0.161. The van der Waals surface area contributed by atoms with Crippen LogP contribution < -0.4 is 9.47 Å². The van der Waals surface area contributed by atoms with Crippen LogP contribution in [-0.4, -0.2) is 30.1 Å². The highest BCUT2D eigenvalue weighted by molar-refractivity contribution is 9.10. The molecule has 6 rings (SSSR count). The van der Waals surface area contributed by atoms with Crippen molar-refractivity contribution in [2.45, 2.75) is 13.0 Å². The molecule has 1 saturated heterocycles. The topological polar surface area (TPSA) is 68.2 Å². The number of hydrogen-bond donors (Lipinski definition) is 0. The molecule has 0 N–H and O–H groups in total. The van der Waals surface area contributed by atoms with Crippen molar-refractivity contribution in [3.05, 3.63) is 82.3 Å². The standard InChI is InChI=1S/C28H23BrN2O4/c1-34-23-12-16(14-30-31-27(32)24-18-9-10-19(13-18)25(24)28(31)33)11-22(29)26(23)35-15-20-7-4-6-17-5-2-3-8-21(17)20/h2-12,14,18-19,24-25H,13,15H2,1H3/b30-14-/t18-,19-,24-,25+/m0/s1. The van der Waals surface area contributed by atoms with E-state index in [1.54, 1.807) is 13.2 Å². The molecule has 2 fully saturated rings. The van der Waals surface area contributed by atoms with E-state index in [9.17, 15) is 9.59 Å². The highest BCUT2D eigenvalue weighted by Crippen LogP contribution is 2.52. The molecule has 176 valence electrons. The van der Waals surface area contributed by atoms with Gasteiger partial charge < -0.3 is 9.47 Å². The smallest absolute Gasteiger partial charge is 0.254 e. The Kier molecular flexibility index (Phi) is 5.44. The molecule has 0 aromatic heterocycles. The molecule has 0 spiro atoms. The third kappa shape index (κ3) is 3.65. The highest BCUT2D eigenvalue weighted by Gasteiger charge is 2.59. The molecule has 1 heterocycles. The second-order valence-electron chi connectivity index (χ2n) is 9.19. The van der Waals surface area contributed by atoms with E-state index in [1.165, 1.54) is 6.21 Å². The van der Waals surface area contributed by atoms with Crippen LogP contribution in [0.1, 0.15) is 17.5 Å². The molecule has 6 nitrogen and oxygen atoms in total. The molecule has 4 atom stereocenters. The zero-order valence-electron chi connectivity index (χ0n) is 19.1. The summed E-state index contributed by atoms with van der Waals surface area (Å²) in [6.45, 7) is 0.375. The summed E-state index contributed by atoms with van der Waals surface area (Å²) in [6.07, 6.45) is 6.56. The molecule has 1 saturated carbocycles. The number of fused-ring (bicyclic) bond motifs is 6. The maximum Gasteiger partial charge on any atom is 0.254 e. The maximum absolute atomic E-state index is 12.9. The van der Waals surface area contributed by atoms with Gasteiger partial charge in [-0.1, -0.05) is 54.6 Å². The number of methoxy groups -OCH3 is 1. The number of carbonyl (C=O) groups is 2. The average Bonchev–Trinajstić information content (AvgIpc) is 3.56. The summed E-state index contributed by atoms with van der Waals surface area (Å²) in [5.74, 6) is 0.496. The van der Waals surface area contributed by atoms with Gasteiger partial charge in [-0.2, -0.15) is 10.1 Å². The summed E-state index contributed by atoms with van der Waals surface area (Å²) < 4.78 is 12.4. The van der Waals surface area contributed by atoms with Gasteiger partial charge in [0.15, 0.2) is 11.5 Å². The molecule has 2 bridgehead atoms. The first-order valence-corrected chi connectivity index (χ1v) is 12.4. The van der Waals surface area contributed by atoms with Gasteiger partial charge in [-0.05, 0) is 68.2 Å².